The number of nitrogens with one attached hydrogen (secondary N) is 1. The van der Waals surface area contributed by atoms with Crippen LogP contribution in [-0.2, 0) is 4.79 Å². The molecule has 38 heavy (non-hydrogen) atoms. The highest BCUT2D eigenvalue weighted by atomic mass is 32.2. The molecular formula is C17H19F17N2OS. The van der Waals surface area contributed by atoms with E-state index in [2.05, 4.69) is 5.32 Å². The molecule has 0 aromatic heterocycles. The van der Waals surface area contributed by atoms with E-state index in [-0.39, 0.29) is 18.3 Å². The molecule has 0 aliphatic heterocycles. The largest absolute Gasteiger partial charge is 0.460 e. The summed E-state index contributed by atoms with van der Waals surface area (Å²) in [7, 11) is 3.36. The third-order valence-corrected chi connectivity index (χ3v) is 5.64. The quantitative estimate of drug-likeness (QED) is 0.175. The molecule has 0 heterocycles. The Balaban J connectivity index is 5.71. The Morgan fingerprint density at radius 3 is 1.45 bits per heavy atom. The van der Waals surface area contributed by atoms with Crippen molar-refractivity contribution in [1.82, 2.24) is 10.2 Å². The van der Waals surface area contributed by atoms with Crippen LogP contribution in [0.5, 0.6) is 0 Å². The first kappa shape index (κ1) is 36.6. The van der Waals surface area contributed by atoms with Gasteiger partial charge in [0.2, 0.25) is 5.91 Å². The molecule has 0 unspecified atom stereocenters. The average molecular weight is 622 g/mol. The van der Waals surface area contributed by atoms with E-state index >= 15 is 0 Å². The van der Waals surface area contributed by atoms with Crippen molar-refractivity contribution in [3.63, 3.8) is 0 Å². The van der Waals surface area contributed by atoms with Crippen LogP contribution in [0, 0.1) is 0 Å². The zero-order valence-corrected chi connectivity index (χ0v) is 19.7. The maximum atomic E-state index is 13.7. The zero-order valence-electron chi connectivity index (χ0n) is 18.9. The van der Waals surface area contributed by atoms with Gasteiger partial charge in [-0.25, -0.2) is 0 Å². The normalized spacial score (nSPS) is 15.3. The molecule has 3 nitrogen and oxygen atoms in total. The van der Waals surface area contributed by atoms with Crippen molar-refractivity contribution in [2.75, 3.05) is 38.7 Å². The molecule has 0 aromatic rings. The van der Waals surface area contributed by atoms with Gasteiger partial charge in [0.1, 0.15) is 0 Å². The summed E-state index contributed by atoms with van der Waals surface area (Å²) in [5.41, 5.74) is 0. The molecule has 0 rings (SSSR count). The lowest BCUT2D eigenvalue weighted by atomic mass is 9.88. The number of thioether (sulfide) groups is 1. The molecule has 0 bridgehead atoms. The van der Waals surface area contributed by atoms with Crippen LogP contribution in [-0.4, -0.2) is 97.1 Å². The lowest BCUT2D eigenvalue weighted by molar-refractivity contribution is -0.461. The molecule has 0 radical (unpaired) electrons. The fourth-order valence-corrected chi connectivity index (χ4v) is 3.23. The molecule has 228 valence electrons. The number of carbonyl (C=O) groups excluding carboxylic acids is 1. The van der Waals surface area contributed by atoms with E-state index < -0.39 is 71.5 Å². The number of carbonyl (C=O) groups is 1. The van der Waals surface area contributed by atoms with E-state index in [1.54, 1.807) is 19.0 Å². The van der Waals surface area contributed by atoms with Gasteiger partial charge in [-0.15, -0.1) is 0 Å². The molecule has 0 aromatic carbocycles. The monoisotopic (exact) mass is 622 g/mol. The fraction of sp³-hybridized carbons (Fsp3) is 0.941. The highest BCUT2D eigenvalue weighted by Crippen LogP contribution is 2.64. The third-order valence-electron chi connectivity index (χ3n) is 4.68. The Bertz CT molecular complexity index is 798. The average Bonchev–Trinajstić information content (AvgIpc) is 2.72. The number of amides is 1. The number of alkyl halides is 17. The summed E-state index contributed by atoms with van der Waals surface area (Å²) in [5.74, 6) is -59.4. The third kappa shape index (κ3) is 6.65. The Kier molecular flexibility index (Phi) is 11.2. The first-order valence-corrected chi connectivity index (χ1v) is 10.9. The van der Waals surface area contributed by atoms with Crippen molar-refractivity contribution in [2.24, 2.45) is 0 Å². The van der Waals surface area contributed by atoms with E-state index in [1.807, 2.05) is 0 Å². The van der Waals surface area contributed by atoms with Crippen molar-refractivity contribution in [3.05, 3.63) is 0 Å². The molecule has 21 heteroatoms. The first-order valence-electron chi connectivity index (χ1n) is 9.77. The molecule has 1 N–H and O–H groups in total. The van der Waals surface area contributed by atoms with Crippen LogP contribution >= 0.6 is 11.8 Å². The highest BCUT2D eigenvalue weighted by Gasteiger charge is 2.95. The van der Waals surface area contributed by atoms with E-state index in [4.69, 9.17) is 0 Å². The summed E-state index contributed by atoms with van der Waals surface area (Å²) < 4.78 is 224. The smallest absolute Gasteiger partial charge is 0.355 e. The van der Waals surface area contributed by atoms with Crippen molar-refractivity contribution < 1.29 is 79.4 Å². The molecule has 0 saturated heterocycles. The molecule has 0 saturated carbocycles. The number of hydrogen-bond donors (Lipinski definition) is 1. The minimum absolute atomic E-state index is 0.0422. The summed E-state index contributed by atoms with van der Waals surface area (Å²) in [6, 6.07) is 0. The lowest BCUT2D eigenvalue weighted by Crippen LogP contribution is -2.74. The van der Waals surface area contributed by atoms with Crippen LogP contribution < -0.4 is 5.32 Å². The minimum Gasteiger partial charge on any atom is -0.355 e. The van der Waals surface area contributed by atoms with Crippen molar-refractivity contribution in [1.29, 1.82) is 0 Å². The van der Waals surface area contributed by atoms with E-state index in [1.165, 1.54) is 0 Å². The Hall–Kier alpha value is -1.41. The minimum atomic E-state index is -8.64. The number of nitrogens with zero attached hydrogens (tertiary/aromatic N) is 1. The molecule has 0 atom stereocenters. The molecule has 1 amide bonds. The molecule has 0 aliphatic rings. The van der Waals surface area contributed by atoms with Crippen molar-refractivity contribution in [2.45, 2.75) is 60.5 Å². The summed E-state index contributed by atoms with van der Waals surface area (Å²) in [6.07, 6.45) is -9.95. The lowest BCUT2D eigenvalue weighted by Gasteiger charge is -2.42. The number of hydrogen-bond acceptors (Lipinski definition) is 3. The van der Waals surface area contributed by atoms with E-state index in [0.717, 1.165) is 0 Å². The van der Waals surface area contributed by atoms with Crippen LogP contribution in [0.25, 0.3) is 0 Å². The highest BCUT2D eigenvalue weighted by molar-refractivity contribution is 7.99. The Morgan fingerprint density at radius 1 is 0.658 bits per heavy atom. The zero-order chi connectivity index (χ0) is 30.8. The SMILES string of the molecule is CN(C)CCCNC(=O)CSCCC(F)(F)C(F)(F)C(F)(F)C(F)(F)C(F)(F)C(F)(F)C(F)(F)C(F)(F)F. The van der Waals surface area contributed by atoms with Gasteiger partial charge in [-0.3, -0.25) is 4.79 Å². The van der Waals surface area contributed by atoms with Crippen LogP contribution in [0.3, 0.4) is 0 Å². The first-order chi connectivity index (χ1) is 16.6. The van der Waals surface area contributed by atoms with Gasteiger partial charge in [0.15, 0.2) is 0 Å². The van der Waals surface area contributed by atoms with Crippen LogP contribution in [0.15, 0.2) is 0 Å². The second kappa shape index (κ2) is 11.6. The summed E-state index contributed by atoms with van der Waals surface area (Å²) >= 11 is 0.0422. The van der Waals surface area contributed by atoms with Gasteiger partial charge in [-0.1, -0.05) is 0 Å². The van der Waals surface area contributed by atoms with E-state index in [0.29, 0.717) is 13.0 Å². The van der Waals surface area contributed by atoms with Crippen LogP contribution in [0.1, 0.15) is 12.8 Å². The predicted molar refractivity (Wildman–Crippen MR) is 98.8 cm³/mol. The molecule has 0 aliphatic carbocycles. The van der Waals surface area contributed by atoms with Gasteiger partial charge < -0.3 is 10.2 Å². The van der Waals surface area contributed by atoms with Crippen molar-refractivity contribution >= 4 is 17.7 Å². The van der Waals surface area contributed by atoms with Crippen LogP contribution in [0.4, 0.5) is 74.6 Å². The van der Waals surface area contributed by atoms with Crippen molar-refractivity contribution in [3.8, 4) is 0 Å². The summed E-state index contributed by atoms with van der Waals surface area (Å²) in [4.78, 5) is 13.2. The molecular weight excluding hydrogens is 603 g/mol. The van der Waals surface area contributed by atoms with Gasteiger partial charge in [-0.05, 0) is 32.8 Å². The van der Waals surface area contributed by atoms with Gasteiger partial charge in [0, 0.05) is 13.0 Å². The maximum Gasteiger partial charge on any atom is 0.460 e. The predicted octanol–water partition coefficient (Wildman–Crippen LogP) is 6.19. The molecule has 0 fully saturated rings. The Labute approximate surface area is 207 Å². The number of halogens is 17. The second-order valence-electron chi connectivity index (χ2n) is 7.96. The number of rotatable bonds is 15. The second-order valence-corrected chi connectivity index (χ2v) is 9.06. The standard InChI is InChI=1S/C17H19F17N2OS/c1-36(2)6-3-5-35-9(37)8-38-7-4-10(18,19)11(20,21)12(22,23)13(24,25)14(26,27)15(28,29)16(30,31)17(32,33)34/h3-8H2,1-2H3,(H,35,37). The van der Waals surface area contributed by atoms with Gasteiger partial charge in [0.25, 0.3) is 0 Å². The summed E-state index contributed by atoms with van der Waals surface area (Å²) in [5, 5.41) is 2.23. The van der Waals surface area contributed by atoms with Gasteiger partial charge in [-0.2, -0.15) is 86.4 Å². The molecule has 0 spiro atoms. The Morgan fingerprint density at radius 2 is 1.05 bits per heavy atom. The topological polar surface area (TPSA) is 32.3 Å². The van der Waals surface area contributed by atoms with Gasteiger partial charge >= 0.3 is 47.6 Å². The van der Waals surface area contributed by atoms with Gasteiger partial charge in [0.05, 0.1) is 5.75 Å². The maximum absolute atomic E-state index is 13.7. The summed E-state index contributed by atoms with van der Waals surface area (Å²) in [6.45, 7) is 0.547. The van der Waals surface area contributed by atoms with E-state index in [9.17, 15) is 79.4 Å². The van der Waals surface area contributed by atoms with Crippen LogP contribution in [0.2, 0.25) is 0 Å². The fourth-order valence-electron chi connectivity index (χ4n) is 2.39.